The molecule has 1 radical (unpaired) electrons. The molecule has 1 saturated heterocycles. The maximum atomic E-state index is 5.92. The van der Waals surface area contributed by atoms with E-state index >= 15 is 0 Å². The lowest BCUT2D eigenvalue weighted by molar-refractivity contribution is 0.00500. The Morgan fingerprint density at radius 3 is 2.45 bits per heavy atom. The average Bonchev–Trinajstić information content (AvgIpc) is 2.05. The Kier molecular flexibility index (Phi) is 3.34. The summed E-state index contributed by atoms with van der Waals surface area (Å²) < 4.78 is 5.92. The van der Waals surface area contributed by atoms with Crippen molar-refractivity contribution in [1.82, 2.24) is 0 Å². The molecular weight excluding hydrogens is 168 g/mol. The Morgan fingerprint density at radius 2 is 2.18 bits per heavy atom. The quantitative estimate of drug-likeness (QED) is 0.572. The Bertz CT molecular complexity index is 119. The Morgan fingerprint density at radius 1 is 1.45 bits per heavy atom. The summed E-state index contributed by atoms with van der Waals surface area (Å²) in [6.45, 7) is 5.81. The summed E-state index contributed by atoms with van der Waals surface area (Å²) in [5.74, 6) is 0. The molecule has 0 saturated carbocycles. The molecule has 1 atom stereocenters. The second-order valence-electron chi connectivity index (χ2n) is 3.70. The molecule has 0 spiro atoms. The summed E-state index contributed by atoms with van der Waals surface area (Å²) in [4.78, 5) is 0. The Hall–Kier alpha value is 0.394. The lowest BCUT2D eigenvalue weighted by atomic mass is 10.1. The highest BCUT2D eigenvalue weighted by Crippen LogP contribution is 2.28. The van der Waals surface area contributed by atoms with Crippen molar-refractivity contribution >= 4 is 19.0 Å². The fourth-order valence-corrected chi connectivity index (χ4v) is 6.21. The van der Waals surface area contributed by atoms with Crippen LogP contribution in [0.5, 0.6) is 0 Å². The highest BCUT2D eigenvalue weighted by atomic mass is 28.3. The van der Waals surface area contributed by atoms with Gasteiger partial charge in [-0.05, 0) is 25.3 Å². The molecule has 0 amide bonds. The number of hydrogen-bond acceptors (Lipinski definition) is 1. The lowest BCUT2D eigenvalue weighted by Gasteiger charge is -2.39. The second-order valence-corrected chi connectivity index (χ2v) is 7.57. The second kappa shape index (κ2) is 3.87. The molecule has 0 aliphatic carbocycles. The standard InChI is InChI=1S/C8H19OSi2/c1-11(2)8(7-10)5-3-4-6-9-8/h7,11H,3-6H2,1-2,10H3. The molecule has 0 aromatic carbocycles. The predicted octanol–water partition coefficient (Wildman–Crippen LogP) is 0.479. The van der Waals surface area contributed by atoms with E-state index in [9.17, 15) is 0 Å². The first kappa shape index (κ1) is 9.48. The number of ether oxygens (including phenoxy) is 1. The number of rotatable bonds is 2. The summed E-state index contributed by atoms with van der Waals surface area (Å²) in [7, 11) is 0.556. The van der Waals surface area contributed by atoms with Gasteiger partial charge in [-0.3, -0.25) is 0 Å². The van der Waals surface area contributed by atoms with E-state index in [0.29, 0.717) is 5.22 Å². The van der Waals surface area contributed by atoms with E-state index in [-0.39, 0.29) is 0 Å². The molecule has 1 aliphatic heterocycles. The first-order valence-corrected chi connectivity index (χ1v) is 8.70. The van der Waals surface area contributed by atoms with Crippen LogP contribution in [0, 0.1) is 6.04 Å². The van der Waals surface area contributed by atoms with E-state index in [0.717, 1.165) is 6.61 Å². The molecule has 0 aromatic rings. The SMILES string of the molecule is C[SiH](C)C1([CH][SiH3])CCCCO1. The normalized spacial score (nSPS) is 33.0. The smallest absolute Gasteiger partial charge is 0.0694 e. The first-order valence-electron chi connectivity index (χ1n) is 4.66. The van der Waals surface area contributed by atoms with Crippen LogP contribution in [0.15, 0.2) is 0 Å². The van der Waals surface area contributed by atoms with Crippen molar-refractivity contribution in [3.8, 4) is 0 Å². The minimum atomic E-state index is -0.631. The summed E-state index contributed by atoms with van der Waals surface area (Å²) in [6, 6.07) is 2.43. The van der Waals surface area contributed by atoms with E-state index in [1.54, 1.807) is 0 Å². The van der Waals surface area contributed by atoms with Crippen LogP contribution < -0.4 is 0 Å². The van der Waals surface area contributed by atoms with Gasteiger partial charge in [-0.15, -0.1) is 0 Å². The fraction of sp³-hybridized carbons (Fsp3) is 0.875. The molecule has 1 fully saturated rings. The third-order valence-corrected chi connectivity index (χ3v) is 7.19. The molecule has 1 unspecified atom stereocenters. The third kappa shape index (κ3) is 1.95. The molecule has 1 nitrogen and oxygen atoms in total. The van der Waals surface area contributed by atoms with Crippen LogP contribution in [-0.4, -0.2) is 30.9 Å². The van der Waals surface area contributed by atoms with Crippen molar-refractivity contribution in [2.24, 2.45) is 0 Å². The van der Waals surface area contributed by atoms with Crippen molar-refractivity contribution in [3.63, 3.8) is 0 Å². The van der Waals surface area contributed by atoms with Gasteiger partial charge >= 0.3 is 0 Å². The zero-order valence-electron chi connectivity index (χ0n) is 7.89. The highest BCUT2D eigenvalue weighted by molar-refractivity contribution is 6.61. The minimum Gasteiger partial charge on any atom is -0.379 e. The topological polar surface area (TPSA) is 9.23 Å². The molecule has 11 heavy (non-hydrogen) atoms. The van der Waals surface area contributed by atoms with Crippen molar-refractivity contribution < 1.29 is 4.74 Å². The van der Waals surface area contributed by atoms with E-state index in [4.69, 9.17) is 4.74 Å². The van der Waals surface area contributed by atoms with Crippen LogP contribution in [0.1, 0.15) is 19.3 Å². The molecule has 1 aliphatic rings. The lowest BCUT2D eigenvalue weighted by Crippen LogP contribution is -2.47. The molecule has 65 valence electrons. The summed E-state index contributed by atoms with van der Waals surface area (Å²) >= 11 is 0. The summed E-state index contributed by atoms with van der Waals surface area (Å²) in [6.07, 6.45) is 3.96. The first-order chi connectivity index (χ1) is 5.21. The van der Waals surface area contributed by atoms with Gasteiger partial charge in [-0.2, -0.15) is 0 Å². The van der Waals surface area contributed by atoms with Crippen molar-refractivity contribution in [1.29, 1.82) is 0 Å². The summed E-state index contributed by atoms with van der Waals surface area (Å²) in [5, 5.41) is 0.296. The minimum absolute atomic E-state index is 0.296. The van der Waals surface area contributed by atoms with E-state index in [2.05, 4.69) is 19.1 Å². The van der Waals surface area contributed by atoms with Crippen LogP contribution >= 0.6 is 0 Å². The van der Waals surface area contributed by atoms with Gasteiger partial charge in [0.25, 0.3) is 0 Å². The van der Waals surface area contributed by atoms with Crippen LogP contribution in [-0.2, 0) is 4.74 Å². The van der Waals surface area contributed by atoms with Crippen molar-refractivity contribution in [2.75, 3.05) is 6.61 Å². The zero-order valence-corrected chi connectivity index (χ0v) is 11.0. The number of hydrogen-bond donors (Lipinski definition) is 0. The third-order valence-electron chi connectivity index (χ3n) is 2.80. The van der Waals surface area contributed by atoms with E-state index in [1.807, 2.05) is 0 Å². The van der Waals surface area contributed by atoms with Crippen LogP contribution in [0.25, 0.3) is 0 Å². The molecule has 1 rings (SSSR count). The highest BCUT2D eigenvalue weighted by Gasteiger charge is 2.35. The molecule has 0 N–H and O–H groups in total. The molecule has 3 heteroatoms. The Labute approximate surface area is 74.6 Å². The fourth-order valence-electron chi connectivity index (χ4n) is 1.85. The van der Waals surface area contributed by atoms with Gasteiger partial charge < -0.3 is 4.74 Å². The zero-order chi connectivity index (χ0) is 8.32. The molecule has 1 heterocycles. The van der Waals surface area contributed by atoms with Gasteiger partial charge in [0.05, 0.1) is 14.0 Å². The predicted molar refractivity (Wildman–Crippen MR) is 55.7 cm³/mol. The van der Waals surface area contributed by atoms with Crippen LogP contribution in [0.3, 0.4) is 0 Å². The largest absolute Gasteiger partial charge is 0.379 e. The average molecular weight is 187 g/mol. The van der Waals surface area contributed by atoms with E-state index < -0.39 is 8.80 Å². The van der Waals surface area contributed by atoms with Gasteiger partial charge in [-0.1, -0.05) is 13.1 Å². The van der Waals surface area contributed by atoms with E-state index in [1.165, 1.54) is 29.5 Å². The monoisotopic (exact) mass is 187 g/mol. The van der Waals surface area contributed by atoms with Gasteiger partial charge in [0, 0.05) is 16.8 Å². The molecule has 0 aromatic heterocycles. The maximum absolute atomic E-state index is 5.92. The summed E-state index contributed by atoms with van der Waals surface area (Å²) in [5.41, 5.74) is 0. The van der Waals surface area contributed by atoms with Gasteiger partial charge in [0.1, 0.15) is 0 Å². The van der Waals surface area contributed by atoms with Crippen LogP contribution in [0.4, 0.5) is 0 Å². The van der Waals surface area contributed by atoms with Gasteiger partial charge in [-0.25, -0.2) is 0 Å². The van der Waals surface area contributed by atoms with Crippen LogP contribution in [0.2, 0.25) is 13.1 Å². The molecule has 0 bridgehead atoms. The maximum Gasteiger partial charge on any atom is 0.0694 e. The van der Waals surface area contributed by atoms with Gasteiger partial charge in [0.15, 0.2) is 0 Å². The van der Waals surface area contributed by atoms with Gasteiger partial charge in [0.2, 0.25) is 0 Å². The van der Waals surface area contributed by atoms with Crippen molar-refractivity contribution in [2.45, 2.75) is 37.6 Å². The molecular formula is C8H19OSi2. The Balaban J connectivity index is 2.57. The van der Waals surface area contributed by atoms with Crippen molar-refractivity contribution in [3.05, 3.63) is 6.04 Å².